The molecule has 0 aliphatic carbocycles. The van der Waals surface area contributed by atoms with Gasteiger partial charge in [-0.1, -0.05) is 32.4 Å². The number of unbranched alkanes of at least 4 members (excludes halogenated alkanes) is 1. The lowest BCUT2D eigenvalue weighted by Crippen LogP contribution is -2.56. The Labute approximate surface area is 326 Å². The molecule has 4 atom stereocenters. The molecule has 2 heterocycles. The summed E-state index contributed by atoms with van der Waals surface area (Å²) in [6.07, 6.45) is 3.61. The predicted molar refractivity (Wildman–Crippen MR) is 204 cm³/mol. The van der Waals surface area contributed by atoms with Gasteiger partial charge in [0.1, 0.15) is 23.9 Å². The van der Waals surface area contributed by atoms with Crippen molar-refractivity contribution < 1.29 is 52.8 Å². The quantitative estimate of drug-likeness (QED) is 0.0552. The number of fused-ring (bicyclic) bond motifs is 1. The molecule has 0 spiro atoms. The maximum absolute atomic E-state index is 13.6. The van der Waals surface area contributed by atoms with E-state index in [1.54, 1.807) is 38.1 Å². The average molecular weight is 788 g/mol. The van der Waals surface area contributed by atoms with Crippen molar-refractivity contribution in [2.75, 3.05) is 59.3 Å². The smallest absolute Gasteiger partial charge is 0.334 e. The van der Waals surface area contributed by atoms with Crippen molar-refractivity contribution in [3.63, 3.8) is 0 Å². The molecule has 1 aliphatic heterocycles. The van der Waals surface area contributed by atoms with Crippen molar-refractivity contribution in [1.82, 2.24) is 25.8 Å². The molecule has 310 valence electrons. The molecule has 8 N–H and O–H groups in total. The molecule has 1 aliphatic rings. The van der Waals surface area contributed by atoms with Crippen LogP contribution in [0.4, 0.5) is 0 Å². The molecule has 1 aromatic carbocycles. The number of carboxylic acids is 1. The van der Waals surface area contributed by atoms with Crippen LogP contribution in [-0.4, -0.2) is 134 Å². The van der Waals surface area contributed by atoms with E-state index in [-0.39, 0.29) is 63.4 Å². The number of nitrogens with two attached hydrogens (primary N) is 2. The normalized spacial score (nSPS) is 15.6. The van der Waals surface area contributed by atoms with Crippen molar-refractivity contribution in [2.24, 2.45) is 17.4 Å². The topological polar surface area (TPSA) is 264 Å². The molecule has 18 heteroatoms. The van der Waals surface area contributed by atoms with Crippen LogP contribution in [0.25, 0.3) is 10.9 Å². The highest BCUT2D eigenvalue weighted by atomic mass is 16.5. The number of hydrogen-bond donors (Lipinski definition) is 6. The summed E-state index contributed by atoms with van der Waals surface area (Å²) in [6.45, 7) is 5.83. The second-order valence-corrected chi connectivity index (χ2v) is 13.7. The summed E-state index contributed by atoms with van der Waals surface area (Å²) in [6, 6.07) is 4.69. The Morgan fingerprint density at radius 2 is 1.64 bits per heavy atom. The zero-order chi connectivity index (χ0) is 40.9. The first-order valence-electron chi connectivity index (χ1n) is 19.1. The molecule has 0 bridgehead atoms. The SMILES string of the molecule is CC(C)[C@H](NC(=O)[C@@H]1CCCN1C(=O)[C@H](CC(=O)O)NC(=O)CCOCCOCCOCCNC(=O)[C@@H](N)CCCCN)C(=O)Oc1ccnc2ccccc12. The minimum atomic E-state index is -1.42. The number of para-hydroxylation sites is 1. The van der Waals surface area contributed by atoms with Gasteiger partial charge < -0.3 is 56.4 Å². The summed E-state index contributed by atoms with van der Waals surface area (Å²) in [4.78, 5) is 82.3. The van der Waals surface area contributed by atoms with E-state index in [0.29, 0.717) is 50.0 Å². The van der Waals surface area contributed by atoms with Crippen molar-refractivity contribution in [3.05, 3.63) is 36.5 Å². The number of nitrogens with zero attached hydrogens (tertiary/aromatic N) is 2. The number of hydrogen-bond acceptors (Lipinski definition) is 13. The molecule has 56 heavy (non-hydrogen) atoms. The molecular formula is C38H57N7O11. The van der Waals surface area contributed by atoms with Gasteiger partial charge in [0, 0.05) is 31.1 Å². The molecule has 4 amide bonds. The number of ether oxygens (including phenoxy) is 4. The van der Waals surface area contributed by atoms with Gasteiger partial charge in [-0.3, -0.25) is 29.0 Å². The number of amides is 4. The van der Waals surface area contributed by atoms with E-state index in [9.17, 15) is 33.9 Å². The van der Waals surface area contributed by atoms with Crippen LogP contribution in [0.15, 0.2) is 36.5 Å². The van der Waals surface area contributed by atoms with Gasteiger partial charge in [-0.15, -0.1) is 0 Å². The first-order chi connectivity index (χ1) is 26.9. The molecule has 3 rings (SSSR count). The summed E-state index contributed by atoms with van der Waals surface area (Å²) in [5.41, 5.74) is 11.9. The standard InChI is InChI=1S/C38H57N7O11/c1-25(2)34(38(52)56-31-12-15-41-28-10-4-3-8-26(28)31)44-36(50)30-11-7-17-45(30)37(51)29(24-33(47)48)43-32(46)13-18-53-20-22-55-23-21-54-19-16-42-35(49)27(40)9-5-6-14-39/h3-4,8,10,12,15,25,27,29-30,34H,5-7,9,11,13-14,16-24,39-40H2,1-2H3,(H,42,49)(H,43,46)(H,44,50)(H,47,48)/t27-,29-,30-,34-/m0/s1. The number of benzene rings is 1. The largest absolute Gasteiger partial charge is 0.481 e. The predicted octanol–water partition coefficient (Wildman–Crippen LogP) is 0.244. The fraction of sp³-hybridized carbons (Fsp3) is 0.605. The van der Waals surface area contributed by atoms with E-state index in [1.165, 1.54) is 11.1 Å². The number of esters is 1. The highest BCUT2D eigenvalue weighted by Crippen LogP contribution is 2.25. The zero-order valence-corrected chi connectivity index (χ0v) is 32.2. The maximum atomic E-state index is 13.6. The third-order valence-corrected chi connectivity index (χ3v) is 8.96. The van der Waals surface area contributed by atoms with Crippen molar-refractivity contribution in [3.8, 4) is 5.75 Å². The molecule has 1 aromatic heterocycles. The Kier molecular flexibility index (Phi) is 20.1. The van der Waals surface area contributed by atoms with E-state index >= 15 is 0 Å². The first kappa shape index (κ1) is 45.6. The van der Waals surface area contributed by atoms with Crippen LogP contribution in [0.2, 0.25) is 0 Å². The molecule has 0 saturated carbocycles. The Bertz CT molecular complexity index is 1590. The van der Waals surface area contributed by atoms with Crippen LogP contribution in [0.1, 0.15) is 58.8 Å². The summed E-state index contributed by atoms with van der Waals surface area (Å²) in [5.74, 6) is -4.22. The van der Waals surface area contributed by atoms with E-state index < -0.39 is 60.2 Å². The van der Waals surface area contributed by atoms with Crippen molar-refractivity contribution in [2.45, 2.75) is 83.0 Å². The Morgan fingerprint density at radius 3 is 2.34 bits per heavy atom. The molecular weight excluding hydrogens is 730 g/mol. The van der Waals surface area contributed by atoms with Crippen LogP contribution < -0.4 is 32.2 Å². The molecule has 2 aromatic rings. The highest BCUT2D eigenvalue weighted by molar-refractivity contribution is 5.96. The molecule has 1 saturated heterocycles. The number of carbonyl (C=O) groups excluding carboxylic acids is 5. The maximum Gasteiger partial charge on any atom is 0.334 e. The lowest BCUT2D eigenvalue weighted by Gasteiger charge is -2.30. The Morgan fingerprint density at radius 1 is 0.946 bits per heavy atom. The number of nitrogens with one attached hydrogen (secondary N) is 3. The number of aliphatic carboxylic acids is 1. The molecule has 0 radical (unpaired) electrons. The third-order valence-electron chi connectivity index (χ3n) is 8.96. The second kappa shape index (κ2) is 24.7. The fourth-order valence-electron chi connectivity index (χ4n) is 5.95. The highest BCUT2D eigenvalue weighted by Gasteiger charge is 2.40. The van der Waals surface area contributed by atoms with Crippen molar-refractivity contribution >= 4 is 46.5 Å². The molecule has 1 fully saturated rings. The minimum absolute atomic E-state index is 0.00947. The number of pyridine rings is 1. The van der Waals surface area contributed by atoms with Gasteiger partial charge in [0.25, 0.3) is 0 Å². The fourth-order valence-corrected chi connectivity index (χ4v) is 5.95. The average Bonchev–Trinajstić information content (AvgIpc) is 3.67. The monoisotopic (exact) mass is 787 g/mol. The molecule has 18 nitrogen and oxygen atoms in total. The van der Waals surface area contributed by atoms with Crippen LogP contribution in [0.5, 0.6) is 5.75 Å². The number of carboxylic acid groups (broad SMARTS) is 1. The van der Waals surface area contributed by atoms with Crippen LogP contribution in [0, 0.1) is 5.92 Å². The zero-order valence-electron chi connectivity index (χ0n) is 32.2. The van der Waals surface area contributed by atoms with Gasteiger partial charge in [-0.25, -0.2) is 4.79 Å². The molecule has 0 unspecified atom stereocenters. The van der Waals surface area contributed by atoms with Crippen LogP contribution in [0.3, 0.4) is 0 Å². The van der Waals surface area contributed by atoms with E-state index in [0.717, 1.165) is 12.8 Å². The number of rotatable bonds is 26. The number of likely N-dealkylation sites (tertiary alicyclic amines) is 1. The van der Waals surface area contributed by atoms with Crippen molar-refractivity contribution in [1.29, 1.82) is 0 Å². The summed E-state index contributed by atoms with van der Waals surface area (Å²) in [7, 11) is 0. The van der Waals surface area contributed by atoms with E-state index in [1.807, 2.05) is 6.07 Å². The van der Waals surface area contributed by atoms with E-state index in [4.69, 9.17) is 30.4 Å². The summed E-state index contributed by atoms with van der Waals surface area (Å²) < 4.78 is 22.0. The Hall–Kier alpha value is -4.75. The second-order valence-electron chi connectivity index (χ2n) is 13.7. The summed E-state index contributed by atoms with van der Waals surface area (Å²) in [5, 5.41) is 18.1. The lowest BCUT2D eigenvalue weighted by atomic mass is 10.0. The minimum Gasteiger partial charge on any atom is -0.481 e. The van der Waals surface area contributed by atoms with Crippen LogP contribution >= 0.6 is 0 Å². The lowest BCUT2D eigenvalue weighted by molar-refractivity contribution is -0.147. The number of carbonyl (C=O) groups is 6. The van der Waals surface area contributed by atoms with Gasteiger partial charge in [0.2, 0.25) is 23.6 Å². The first-order valence-corrected chi connectivity index (χ1v) is 19.1. The van der Waals surface area contributed by atoms with Gasteiger partial charge >= 0.3 is 11.9 Å². The number of aromatic nitrogens is 1. The van der Waals surface area contributed by atoms with Gasteiger partial charge in [-0.05, 0) is 56.3 Å². The van der Waals surface area contributed by atoms with Crippen LogP contribution in [-0.2, 0) is 43.0 Å². The van der Waals surface area contributed by atoms with Gasteiger partial charge in [-0.2, -0.15) is 0 Å². The third kappa shape index (κ3) is 15.4. The van der Waals surface area contributed by atoms with Gasteiger partial charge in [0.15, 0.2) is 0 Å². The summed E-state index contributed by atoms with van der Waals surface area (Å²) >= 11 is 0. The van der Waals surface area contributed by atoms with Gasteiger partial charge in [0.05, 0.1) is 57.6 Å². The Balaban J connectivity index is 1.38. The van der Waals surface area contributed by atoms with E-state index in [2.05, 4.69) is 20.9 Å².